The number of hydrogen-bond donors (Lipinski definition) is 0. The zero-order chi connectivity index (χ0) is 5.98. The molecule has 0 aliphatic rings. The van der Waals surface area contributed by atoms with Crippen molar-refractivity contribution in [3.05, 3.63) is 16.1 Å². The van der Waals surface area contributed by atoms with Gasteiger partial charge in [0.2, 0.25) is 0 Å². The van der Waals surface area contributed by atoms with Gasteiger partial charge in [-0.15, -0.1) is 35.3 Å². The zero-order valence-corrected chi connectivity index (χ0v) is 7.32. The van der Waals surface area contributed by atoms with Crippen molar-refractivity contribution < 1.29 is 0 Å². The predicted molar refractivity (Wildman–Crippen MR) is 43.7 cm³/mol. The molecule has 1 aromatic rings. The molecular formula is C5H7Cl2NS. The van der Waals surface area contributed by atoms with Gasteiger partial charge in [0.15, 0.2) is 0 Å². The second kappa shape index (κ2) is 4.09. The molecule has 1 aromatic heterocycles. The minimum absolute atomic E-state index is 0. The molecule has 0 N–H and O–H groups in total. The summed E-state index contributed by atoms with van der Waals surface area (Å²) in [4.78, 5) is 5.24. The van der Waals surface area contributed by atoms with Crippen LogP contribution >= 0.6 is 35.3 Å². The highest BCUT2D eigenvalue weighted by Crippen LogP contribution is 2.12. The average Bonchev–Trinajstić information content (AvgIpc) is 2.14. The van der Waals surface area contributed by atoms with Crippen LogP contribution in [0, 0.1) is 6.92 Å². The van der Waals surface area contributed by atoms with E-state index in [1.165, 1.54) is 4.88 Å². The summed E-state index contributed by atoms with van der Waals surface area (Å²) in [6.45, 7) is 2.02. The van der Waals surface area contributed by atoms with E-state index in [0.29, 0.717) is 5.88 Å². The van der Waals surface area contributed by atoms with Gasteiger partial charge in [-0.3, -0.25) is 0 Å². The molecule has 1 nitrogen and oxygen atoms in total. The molecule has 9 heavy (non-hydrogen) atoms. The van der Waals surface area contributed by atoms with Gasteiger partial charge < -0.3 is 0 Å². The van der Waals surface area contributed by atoms with Crippen molar-refractivity contribution in [3.63, 3.8) is 0 Å². The molecule has 4 heteroatoms. The van der Waals surface area contributed by atoms with Crippen LogP contribution in [0.2, 0.25) is 0 Å². The third-order valence-corrected chi connectivity index (χ3v) is 2.02. The summed E-state index contributed by atoms with van der Waals surface area (Å²) in [6, 6.07) is 0. The number of aryl methyl sites for hydroxylation is 1. The van der Waals surface area contributed by atoms with Crippen molar-refractivity contribution in [3.8, 4) is 0 Å². The molecule has 0 fully saturated rings. The minimum atomic E-state index is 0. The van der Waals surface area contributed by atoms with Crippen LogP contribution in [-0.2, 0) is 5.88 Å². The van der Waals surface area contributed by atoms with Gasteiger partial charge in [0.1, 0.15) is 0 Å². The van der Waals surface area contributed by atoms with Gasteiger partial charge in [-0.05, 0) is 6.92 Å². The summed E-state index contributed by atoms with van der Waals surface area (Å²) in [5.41, 5.74) is 2.82. The van der Waals surface area contributed by atoms with Crippen LogP contribution < -0.4 is 0 Å². The van der Waals surface area contributed by atoms with Crippen molar-refractivity contribution in [2.24, 2.45) is 0 Å². The van der Waals surface area contributed by atoms with Crippen LogP contribution in [-0.4, -0.2) is 4.98 Å². The number of hydrogen-bond acceptors (Lipinski definition) is 2. The van der Waals surface area contributed by atoms with Crippen LogP contribution in [0.3, 0.4) is 0 Å². The number of nitrogens with zero attached hydrogens (tertiary/aromatic N) is 1. The molecule has 52 valence electrons. The highest BCUT2D eigenvalue weighted by molar-refractivity contribution is 7.09. The van der Waals surface area contributed by atoms with Crippen molar-refractivity contribution >= 4 is 35.3 Å². The van der Waals surface area contributed by atoms with Gasteiger partial charge in [-0.25, -0.2) is 4.98 Å². The first kappa shape index (κ1) is 9.21. The highest BCUT2D eigenvalue weighted by Gasteiger charge is 1.95. The fourth-order valence-electron chi connectivity index (χ4n) is 0.457. The van der Waals surface area contributed by atoms with E-state index in [4.69, 9.17) is 11.6 Å². The Kier molecular flexibility index (Phi) is 4.19. The van der Waals surface area contributed by atoms with Gasteiger partial charge in [0, 0.05) is 4.88 Å². The van der Waals surface area contributed by atoms with E-state index >= 15 is 0 Å². The van der Waals surface area contributed by atoms with E-state index in [1.807, 2.05) is 12.4 Å². The van der Waals surface area contributed by atoms with Gasteiger partial charge in [-0.2, -0.15) is 0 Å². The van der Waals surface area contributed by atoms with E-state index in [9.17, 15) is 0 Å². The number of alkyl halides is 1. The third kappa shape index (κ3) is 2.12. The van der Waals surface area contributed by atoms with Crippen LogP contribution in [0.5, 0.6) is 0 Å². The monoisotopic (exact) mass is 183 g/mol. The van der Waals surface area contributed by atoms with Gasteiger partial charge in [0.05, 0.1) is 17.1 Å². The maximum Gasteiger partial charge on any atom is 0.0798 e. The van der Waals surface area contributed by atoms with E-state index < -0.39 is 0 Å². The van der Waals surface area contributed by atoms with Crippen molar-refractivity contribution in [2.45, 2.75) is 12.8 Å². The Morgan fingerprint density at radius 2 is 2.44 bits per heavy atom. The molecule has 1 rings (SSSR count). The molecule has 0 amide bonds. The first-order chi connectivity index (χ1) is 3.84. The van der Waals surface area contributed by atoms with E-state index in [-0.39, 0.29) is 12.4 Å². The maximum atomic E-state index is 5.52. The second-order valence-electron chi connectivity index (χ2n) is 1.49. The average molecular weight is 184 g/mol. The summed E-state index contributed by atoms with van der Waals surface area (Å²) in [6.07, 6.45) is 0. The van der Waals surface area contributed by atoms with Gasteiger partial charge in [-0.1, -0.05) is 0 Å². The van der Waals surface area contributed by atoms with E-state index in [2.05, 4.69) is 4.98 Å². The lowest BCUT2D eigenvalue weighted by atomic mass is 10.4. The summed E-state index contributed by atoms with van der Waals surface area (Å²) >= 11 is 7.15. The molecule has 0 aliphatic heterocycles. The molecule has 0 saturated carbocycles. The summed E-state index contributed by atoms with van der Waals surface area (Å²) in [5.74, 6) is 0.537. The molecule has 0 aliphatic carbocycles. The normalized spacial score (nSPS) is 8.67. The number of rotatable bonds is 1. The lowest BCUT2D eigenvalue weighted by Crippen LogP contribution is -1.76. The fraction of sp³-hybridized carbons (Fsp3) is 0.400. The highest BCUT2D eigenvalue weighted by atomic mass is 35.5. The number of aromatic nitrogens is 1. The van der Waals surface area contributed by atoms with Gasteiger partial charge in [0.25, 0.3) is 0 Å². The lowest BCUT2D eigenvalue weighted by molar-refractivity contribution is 1.19. The van der Waals surface area contributed by atoms with Crippen LogP contribution in [0.4, 0.5) is 0 Å². The largest absolute Gasteiger partial charge is 0.248 e. The summed E-state index contributed by atoms with van der Waals surface area (Å²) < 4.78 is 0. The summed E-state index contributed by atoms with van der Waals surface area (Å²) in [7, 11) is 0. The van der Waals surface area contributed by atoms with E-state index in [1.54, 1.807) is 11.3 Å². The first-order valence-electron chi connectivity index (χ1n) is 2.29. The molecular weight excluding hydrogens is 177 g/mol. The van der Waals surface area contributed by atoms with Crippen molar-refractivity contribution in [1.29, 1.82) is 0 Å². The Morgan fingerprint density at radius 1 is 1.78 bits per heavy atom. The summed E-state index contributed by atoms with van der Waals surface area (Å²) in [5, 5.41) is 0. The minimum Gasteiger partial charge on any atom is -0.248 e. The van der Waals surface area contributed by atoms with Crippen molar-refractivity contribution in [2.75, 3.05) is 0 Å². The quantitative estimate of drug-likeness (QED) is 0.611. The van der Waals surface area contributed by atoms with Gasteiger partial charge >= 0.3 is 0 Å². The molecule has 1 heterocycles. The molecule has 0 radical (unpaired) electrons. The van der Waals surface area contributed by atoms with Crippen LogP contribution in [0.15, 0.2) is 5.51 Å². The van der Waals surface area contributed by atoms with Crippen LogP contribution in [0.25, 0.3) is 0 Å². The van der Waals surface area contributed by atoms with Crippen LogP contribution in [0.1, 0.15) is 10.6 Å². The van der Waals surface area contributed by atoms with Crippen molar-refractivity contribution in [1.82, 2.24) is 4.98 Å². The number of halogens is 2. The lowest BCUT2D eigenvalue weighted by Gasteiger charge is -1.84. The predicted octanol–water partition coefficient (Wildman–Crippen LogP) is 2.61. The second-order valence-corrected chi connectivity index (χ2v) is 2.82. The van der Waals surface area contributed by atoms with E-state index in [0.717, 1.165) is 5.69 Å². The molecule has 0 unspecified atom stereocenters. The Morgan fingerprint density at radius 3 is 2.67 bits per heavy atom. The first-order valence-corrected chi connectivity index (χ1v) is 3.71. The number of thiazole rings is 1. The topological polar surface area (TPSA) is 12.9 Å². The smallest absolute Gasteiger partial charge is 0.0798 e. The Bertz CT molecular complexity index is 175. The fourth-order valence-corrected chi connectivity index (χ4v) is 1.40. The zero-order valence-electron chi connectivity index (χ0n) is 4.93. The standard InChI is InChI=1S/C5H6ClNS.ClH/c1-4-5(2-6)7-3-8-4;/h3H,2H2,1H3;1H. The Balaban J connectivity index is 0.000000640. The molecule has 0 saturated heterocycles. The Hall–Kier alpha value is 0.210. The maximum absolute atomic E-state index is 5.52. The SMILES string of the molecule is Cc1scnc1CCl.Cl. The molecule has 0 aromatic carbocycles. The molecule has 0 atom stereocenters. The molecule has 0 bridgehead atoms. The Labute approximate surface area is 69.5 Å². The molecule has 0 spiro atoms. The third-order valence-electron chi connectivity index (χ3n) is 0.971.